The van der Waals surface area contributed by atoms with Gasteiger partial charge in [0, 0.05) is 6.54 Å². The van der Waals surface area contributed by atoms with Gasteiger partial charge in [-0.3, -0.25) is 0 Å². The summed E-state index contributed by atoms with van der Waals surface area (Å²) in [5, 5.41) is 2.31. The second kappa shape index (κ2) is 4.61. The first-order valence-corrected chi connectivity index (χ1v) is 4.44. The van der Waals surface area contributed by atoms with Gasteiger partial charge in [-0.1, -0.05) is 12.1 Å². The number of benzene rings is 1. The maximum Gasteiger partial charge on any atom is 0.403 e. The molecular formula is C10H11F4N. The lowest BCUT2D eigenvalue weighted by molar-refractivity contribution is -0.151. The molecule has 15 heavy (non-hydrogen) atoms. The van der Waals surface area contributed by atoms with Crippen molar-refractivity contribution in [1.82, 2.24) is 5.32 Å². The molecule has 0 fully saturated rings. The Labute approximate surface area is 85.1 Å². The monoisotopic (exact) mass is 221 g/mol. The predicted molar refractivity (Wildman–Crippen MR) is 48.8 cm³/mol. The summed E-state index contributed by atoms with van der Waals surface area (Å²) in [4.78, 5) is 0. The molecular weight excluding hydrogens is 210 g/mol. The molecule has 0 spiro atoms. The topological polar surface area (TPSA) is 12.0 Å². The Balaban J connectivity index is 2.47. The van der Waals surface area contributed by atoms with Crippen LogP contribution in [0.1, 0.15) is 12.5 Å². The van der Waals surface area contributed by atoms with Crippen LogP contribution in [0.5, 0.6) is 0 Å². The zero-order chi connectivity index (χ0) is 11.5. The van der Waals surface area contributed by atoms with Gasteiger partial charge >= 0.3 is 6.18 Å². The molecule has 0 aromatic heterocycles. The predicted octanol–water partition coefficient (Wildman–Crippen LogP) is 2.87. The zero-order valence-corrected chi connectivity index (χ0v) is 8.11. The summed E-state index contributed by atoms with van der Waals surface area (Å²) < 4.78 is 48.8. The Morgan fingerprint density at radius 1 is 1.20 bits per heavy atom. The van der Waals surface area contributed by atoms with Crippen molar-refractivity contribution in [3.05, 3.63) is 35.6 Å². The number of hydrogen-bond donors (Lipinski definition) is 1. The van der Waals surface area contributed by atoms with Gasteiger partial charge in [-0.05, 0) is 24.6 Å². The number of alkyl halides is 3. The van der Waals surface area contributed by atoms with Crippen molar-refractivity contribution >= 4 is 0 Å². The Kier molecular flexibility index (Phi) is 3.68. The van der Waals surface area contributed by atoms with E-state index in [1.807, 2.05) is 0 Å². The molecule has 1 N–H and O–H groups in total. The number of halogens is 4. The standard InChI is InChI=1S/C10H11F4N/c1-7(10(12,13)14)15-6-8-2-4-9(11)5-3-8/h2-5,7,15H,6H2,1H3. The van der Waals surface area contributed by atoms with Crippen molar-refractivity contribution in [2.24, 2.45) is 0 Å². The van der Waals surface area contributed by atoms with E-state index in [0.717, 1.165) is 6.92 Å². The van der Waals surface area contributed by atoms with Gasteiger partial charge in [-0.25, -0.2) is 4.39 Å². The highest BCUT2D eigenvalue weighted by Crippen LogP contribution is 2.19. The summed E-state index contributed by atoms with van der Waals surface area (Å²) in [5.74, 6) is -0.400. The van der Waals surface area contributed by atoms with Crippen LogP contribution in [-0.4, -0.2) is 12.2 Å². The number of rotatable bonds is 3. The molecule has 0 radical (unpaired) electrons. The minimum atomic E-state index is -4.25. The average Bonchev–Trinajstić information content (AvgIpc) is 2.15. The first-order valence-electron chi connectivity index (χ1n) is 4.44. The lowest BCUT2D eigenvalue weighted by atomic mass is 10.2. The van der Waals surface area contributed by atoms with Gasteiger partial charge in [0.2, 0.25) is 0 Å². The maximum absolute atomic E-state index is 12.5. The van der Waals surface area contributed by atoms with Gasteiger partial charge in [0.15, 0.2) is 0 Å². The van der Waals surface area contributed by atoms with Gasteiger partial charge in [0.05, 0.1) is 0 Å². The third kappa shape index (κ3) is 3.87. The van der Waals surface area contributed by atoms with E-state index >= 15 is 0 Å². The van der Waals surface area contributed by atoms with Crippen LogP contribution in [0.25, 0.3) is 0 Å². The van der Waals surface area contributed by atoms with Gasteiger partial charge in [-0.2, -0.15) is 13.2 Å². The molecule has 0 saturated heterocycles. The van der Waals surface area contributed by atoms with Crippen molar-refractivity contribution in [3.63, 3.8) is 0 Å². The van der Waals surface area contributed by atoms with Crippen LogP contribution >= 0.6 is 0 Å². The van der Waals surface area contributed by atoms with E-state index in [0.29, 0.717) is 5.56 Å². The molecule has 1 nitrogen and oxygen atoms in total. The Morgan fingerprint density at radius 3 is 2.20 bits per heavy atom. The lowest BCUT2D eigenvalue weighted by Gasteiger charge is -2.16. The highest BCUT2D eigenvalue weighted by Gasteiger charge is 2.35. The van der Waals surface area contributed by atoms with Crippen molar-refractivity contribution in [2.75, 3.05) is 0 Å². The van der Waals surface area contributed by atoms with E-state index in [-0.39, 0.29) is 6.54 Å². The molecule has 0 amide bonds. The third-order valence-electron chi connectivity index (χ3n) is 2.02. The first-order chi connectivity index (χ1) is 6.89. The first kappa shape index (κ1) is 12.0. The molecule has 0 aliphatic heterocycles. The molecule has 0 aliphatic carbocycles. The van der Waals surface area contributed by atoms with E-state index in [4.69, 9.17) is 0 Å². The zero-order valence-electron chi connectivity index (χ0n) is 8.11. The Bertz CT molecular complexity index is 304. The maximum atomic E-state index is 12.5. The van der Waals surface area contributed by atoms with Crippen molar-refractivity contribution in [2.45, 2.75) is 25.7 Å². The van der Waals surface area contributed by atoms with Crippen LogP contribution in [-0.2, 0) is 6.54 Å². The third-order valence-corrected chi connectivity index (χ3v) is 2.02. The van der Waals surface area contributed by atoms with E-state index in [1.54, 1.807) is 0 Å². The Morgan fingerprint density at radius 2 is 1.73 bits per heavy atom. The summed E-state index contributed by atoms with van der Waals surface area (Å²) in [5.41, 5.74) is 0.618. The average molecular weight is 221 g/mol. The second-order valence-electron chi connectivity index (χ2n) is 3.27. The molecule has 84 valence electrons. The van der Waals surface area contributed by atoms with Gasteiger partial charge in [0.1, 0.15) is 11.9 Å². The summed E-state index contributed by atoms with van der Waals surface area (Å²) >= 11 is 0. The summed E-state index contributed by atoms with van der Waals surface area (Å²) in [6, 6.07) is 3.77. The minimum Gasteiger partial charge on any atom is -0.302 e. The van der Waals surface area contributed by atoms with Crippen LogP contribution in [0.15, 0.2) is 24.3 Å². The molecule has 1 aromatic carbocycles. The molecule has 5 heteroatoms. The van der Waals surface area contributed by atoms with Crippen molar-refractivity contribution in [1.29, 1.82) is 0 Å². The molecule has 1 unspecified atom stereocenters. The molecule has 0 saturated carbocycles. The van der Waals surface area contributed by atoms with Gasteiger partial charge in [-0.15, -0.1) is 0 Å². The Hall–Kier alpha value is -1.10. The highest BCUT2D eigenvalue weighted by atomic mass is 19.4. The smallest absolute Gasteiger partial charge is 0.302 e. The molecule has 1 rings (SSSR count). The fraction of sp³-hybridized carbons (Fsp3) is 0.400. The SMILES string of the molecule is CC(NCc1ccc(F)cc1)C(F)(F)F. The quantitative estimate of drug-likeness (QED) is 0.774. The fourth-order valence-corrected chi connectivity index (χ4v) is 0.989. The van der Waals surface area contributed by atoms with E-state index < -0.39 is 18.0 Å². The minimum absolute atomic E-state index is 0.0704. The largest absolute Gasteiger partial charge is 0.403 e. The number of hydrogen-bond acceptors (Lipinski definition) is 1. The molecule has 1 atom stereocenters. The lowest BCUT2D eigenvalue weighted by Crippen LogP contribution is -2.39. The van der Waals surface area contributed by atoms with E-state index in [9.17, 15) is 17.6 Å². The van der Waals surface area contributed by atoms with Crippen LogP contribution in [0.2, 0.25) is 0 Å². The van der Waals surface area contributed by atoms with Crippen molar-refractivity contribution < 1.29 is 17.6 Å². The van der Waals surface area contributed by atoms with Crippen LogP contribution in [0.3, 0.4) is 0 Å². The molecule has 0 heterocycles. The summed E-state index contributed by atoms with van der Waals surface area (Å²) in [6.45, 7) is 1.12. The fourth-order valence-electron chi connectivity index (χ4n) is 0.989. The second-order valence-corrected chi connectivity index (χ2v) is 3.27. The van der Waals surface area contributed by atoms with Gasteiger partial charge in [0.25, 0.3) is 0 Å². The van der Waals surface area contributed by atoms with E-state index in [1.165, 1.54) is 24.3 Å². The van der Waals surface area contributed by atoms with Crippen LogP contribution in [0.4, 0.5) is 17.6 Å². The van der Waals surface area contributed by atoms with Gasteiger partial charge < -0.3 is 5.32 Å². The summed E-state index contributed by atoms with van der Waals surface area (Å²) in [7, 11) is 0. The van der Waals surface area contributed by atoms with E-state index in [2.05, 4.69) is 5.32 Å². The molecule has 0 aliphatic rings. The van der Waals surface area contributed by atoms with Crippen LogP contribution < -0.4 is 5.32 Å². The molecule has 1 aromatic rings. The highest BCUT2D eigenvalue weighted by molar-refractivity contribution is 5.15. The van der Waals surface area contributed by atoms with Crippen LogP contribution in [0, 0.1) is 5.82 Å². The molecule has 0 bridgehead atoms. The summed E-state index contributed by atoms with van der Waals surface area (Å²) in [6.07, 6.45) is -4.25. The normalized spacial score (nSPS) is 13.9. The van der Waals surface area contributed by atoms with Crippen molar-refractivity contribution in [3.8, 4) is 0 Å². The number of nitrogens with one attached hydrogen (secondary N) is 1.